The summed E-state index contributed by atoms with van der Waals surface area (Å²) >= 11 is 0. The number of hydrogen-bond acceptors (Lipinski definition) is 12. The molecule has 0 spiro atoms. The monoisotopic (exact) mass is 830 g/mol. The minimum absolute atomic E-state index is 0.0589. The van der Waals surface area contributed by atoms with Gasteiger partial charge in [-0.1, -0.05) is 133 Å². The Morgan fingerprint density at radius 1 is 0.544 bits per heavy atom. The van der Waals surface area contributed by atoms with Crippen LogP contribution >= 0.6 is 7.82 Å². The molecule has 13 nitrogen and oxygen atoms in total. The molecule has 1 fully saturated rings. The summed E-state index contributed by atoms with van der Waals surface area (Å²) in [5.41, 5.74) is 0. The summed E-state index contributed by atoms with van der Waals surface area (Å²) in [6.07, 6.45) is 24.7. The molecule has 0 bridgehead atoms. The van der Waals surface area contributed by atoms with Crippen molar-refractivity contribution in [2.75, 3.05) is 13.2 Å². The fraction of sp³-hybridized carbons (Fsp3) is 0.767. The Bertz CT molecular complexity index is 1190. The van der Waals surface area contributed by atoms with Crippen molar-refractivity contribution in [1.29, 1.82) is 0 Å². The van der Waals surface area contributed by atoms with E-state index in [2.05, 4.69) is 62.5 Å². The van der Waals surface area contributed by atoms with Gasteiger partial charge in [-0.15, -0.1) is 0 Å². The van der Waals surface area contributed by atoms with Gasteiger partial charge in [0.05, 0.1) is 6.61 Å². The van der Waals surface area contributed by atoms with Gasteiger partial charge in [0.25, 0.3) is 0 Å². The molecule has 0 saturated heterocycles. The average molecular weight is 831 g/mol. The third kappa shape index (κ3) is 26.5. The van der Waals surface area contributed by atoms with Gasteiger partial charge >= 0.3 is 19.8 Å². The van der Waals surface area contributed by atoms with E-state index < -0.39 is 75.7 Å². The first-order chi connectivity index (χ1) is 27.4. The molecule has 1 saturated carbocycles. The normalized spacial score (nSPS) is 23.2. The molecule has 0 aromatic heterocycles. The second-order valence-electron chi connectivity index (χ2n) is 14.8. The number of carbonyl (C=O) groups excluding carboxylic acids is 2. The number of phosphoric acid groups is 1. The Morgan fingerprint density at radius 3 is 1.47 bits per heavy atom. The van der Waals surface area contributed by atoms with E-state index in [1.54, 1.807) is 0 Å². The van der Waals surface area contributed by atoms with Crippen molar-refractivity contribution in [2.24, 2.45) is 0 Å². The molecule has 0 heterocycles. The second kappa shape index (κ2) is 33.6. The van der Waals surface area contributed by atoms with Crippen molar-refractivity contribution in [1.82, 2.24) is 0 Å². The molecule has 0 amide bonds. The van der Waals surface area contributed by atoms with Crippen LogP contribution in [0.1, 0.15) is 155 Å². The maximum atomic E-state index is 12.8. The largest absolute Gasteiger partial charge is 0.472 e. The van der Waals surface area contributed by atoms with Crippen molar-refractivity contribution >= 4 is 19.8 Å². The molecule has 0 aliphatic heterocycles. The van der Waals surface area contributed by atoms with Crippen molar-refractivity contribution in [3.05, 3.63) is 48.6 Å². The van der Waals surface area contributed by atoms with Crippen LogP contribution in [0.3, 0.4) is 0 Å². The maximum Gasteiger partial charge on any atom is 0.472 e. The van der Waals surface area contributed by atoms with Crippen molar-refractivity contribution in [3.63, 3.8) is 0 Å². The predicted molar refractivity (Wildman–Crippen MR) is 221 cm³/mol. The van der Waals surface area contributed by atoms with Gasteiger partial charge in [0.15, 0.2) is 6.10 Å². The quantitative estimate of drug-likeness (QED) is 0.0160. The van der Waals surface area contributed by atoms with Gasteiger partial charge < -0.3 is 39.9 Å². The summed E-state index contributed by atoms with van der Waals surface area (Å²) in [7, 11) is -5.12. The number of carbonyl (C=O) groups is 2. The third-order valence-corrected chi connectivity index (χ3v) is 10.7. The summed E-state index contributed by atoms with van der Waals surface area (Å²) < 4.78 is 33.3. The molecule has 330 valence electrons. The number of ether oxygens (including phenoxy) is 2. The Balaban J connectivity index is 2.50. The van der Waals surface area contributed by atoms with Gasteiger partial charge in [0.2, 0.25) is 0 Å². The highest BCUT2D eigenvalue weighted by Gasteiger charge is 2.51. The number of allylic oxidation sites excluding steroid dienone is 8. The molecular formula is C43H75O13P. The number of unbranched alkanes of at least 4 members (excludes halogenated alkanes) is 14. The van der Waals surface area contributed by atoms with E-state index in [9.17, 15) is 44.6 Å². The molecule has 6 unspecified atom stereocenters. The second-order valence-corrected chi connectivity index (χ2v) is 16.3. The van der Waals surface area contributed by atoms with E-state index in [4.69, 9.17) is 18.5 Å². The Morgan fingerprint density at radius 2 is 0.947 bits per heavy atom. The molecule has 8 atom stereocenters. The first kappa shape index (κ1) is 52.8. The molecule has 0 radical (unpaired) electrons. The van der Waals surface area contributed by atoms with Crippen LogP contribution in [0.15, 0.2) is 48.6 Å². The van der Waals surface area contributed by atoms with Crippen LogP contribution in [0.25, 0.3) is 0 Å². The minimum Gasteiger partial charge on any atom is -0.462 e. The molecule has 57 heavy (non-hydrogen) atoms. The fourth-order valence-electron chi connectivity index (χ4n) is 6.15. The molecule has 0 aromatic carbocycles. The molecular weight excluding hydrogens is 755 g/mol. The van der Waals surface area contributed by atoms with Crippen LogP contribution < -0.4 is 0 Å². The Kier molecular flexibility index (Phi) is 31.2. The first-order valence-corrected chi connectivity index (χ1v) is 22.9. The van der Waals surface area contributed by atoms with Crippen molar-refractivity contribution in [2.45, 2.75) is 198 Å². The van der Waals surface area contributed by atoms with E-state index in [-0.39, 0.29) is 12.8 Å². The highest BCUT2D eigenvalue weighted by atomic mass is 31.2. The highest BCUT2D eigenvalue weighted by molar-refractivity contribution is 7.47. The first-order valence-electron chi connectivity index (χ1n) is 21.4. The predicted octanol–water partition coefficient (Wildman–Crippen LogP) is 7.61. The van der Waals surface area contributed by atoms with Gasteiger partial charge in [0.1, 0.15) is 43.2 Å². The van der Waals surface area contributed by atoms with Crippen LogP contribution in [0, 0.1) is 0 Å². The van der Waals surface area contributed by atoms with Gasteiger partial charge in [-0.05, 0) is 57.8 Å². The van der Waals surface area contributed by atoms with Crippen LogP contribution in [0.5, 0.6) is 0 Å². The SMILES string of the molecule is CCCCC/C=C/C/C=C/C/C=C/C/C=C/CCCCCC(=O)O[C@H](COC(=O)CCCCCCCCCCC)COP(=O)(O)OC1C(O)C(O)C(O)[C@@H](O)C1O. The van der Waals surface area contributed by atoms with Gasteiger partial charge in [0, 0.05) is 12.8 Å². The summed E-state index contributed by atoms with van der Waals surface area (Å²) in [5, 5.41) is 50.0. The van der Waals surface area contributed by atoms with Crippen LogP contribution in [-0.4, -0.2) is 98.3 Å². The van der Waals surface area contributed by atoms with Gasteiger partial charge in [-0.2, -0.15) is 0 Å². The van der Waals surface area contributed by atoms with Crippen LogP contribution in [0.4, 0.5) is 0 Å². The summed E-state index contributed by atoms with van der Waals surface area (Å²) in [4.78, 5) is 35.5. The van der Waals surface area contributed by atoms with Crippen LogP contribution in [0.2, 0.25) is 0 Å². The summed E-state index contributed by atoms with van der Waals surface area (Å²) in [6, 6.07) is 0. The molecule has 1 aliphatic rings. The molecule has 1 aliphatic carbocycles. The third-order valence-electron chi connectivity index (χ3n) is 9.67. The summed E-state index contributed by atoms with van der Waals surface area (Å²) in [5.74, 6) is -1.14. The number of aliphatic hydroxyl groups excluding tert-OH is 5. The fourth-order valence-corrected chi connectivity index (χ4v) is 7.12. The van der Waals surface area contributed by atoms with E-state index in [0.717, 1.165) is 64.2 Å². The molecule has 0 aromatic rings. The lowest BCUT2D eigenvalue weighted by Crippen LogP contribution is -2.64. The minimum atomic E-state index is -5.12. The number of rotatable bonds is 34. The smallest absolute Gasteiger partial charge is 0.462 e. The lowest BCUT2D eigenvalue weighted by atomic mass is 9.85. The zero-order valence-electron chi connectivity index (χ0n) is 34.6. The number of phosphoric ester groups is 1. The van der Waals surface area contributed by atoms with E-state index in [0.29, 0.717) is 12.8 Å². The summed E-state index contributed by atoms with van der Waals surface area (Å²) in [6.45, 7) is 3.19. The van der Waals surface area contributed by atoms with E-state index in [1.165, 1.54) is 51.4 Å². The molecule has 14 heteroatoms. The van der Waals surface area contributed by atoms with E-state index >= 15 is 0 Å². The van der Waals surface area contributed by atoms with Gasteiger partial charge in [-0.3, -0.25) is 18.6 Å². The van der Waals surface area contributed by atoms with Crippen LogP contribution in [-0.2, 0) is 32.7 Å². The van der Waals surface area contributed by atoms with Crippen molar-refractivity contribution < 1.29 is 63.1 Å². The standard InChI is InChI=1S/C43H75O13P/c1-3-5-7-9-11-13-14-15-16-17-18-19-20-21-22-24-26-28-30-32-37(45)55-35(33-53-36(44)31-29-27-25-23-12-10-8-6-4-2)34-54-57(51,52)56-43-41(49)39(47)38(46)40(48)42(43)50/h11,13,15-16,18-19,21-22,35,38-43,46-50H,3-10,12,14,17,20,23-34H2,1-2H3,(H,51,52)/b13-11+,16-15+,19-18+,22-21+/t35-,38?,39-,40?,41?,42?,43?/m1/s1. The Labute approximate surface area is 341 Å². The molecule has 6 N–H and O–H groups in total. The van der Waals surface area contributed by atoms with Gasteiger partial charge in [-0.25, -0.2) is 4.57 Å². The highest BCUT2D eigenvalue weighted by Crippen LogP contribution is 2.47. The zero-order chi connectivity index (χ0) is 42.2. The number of esters is 2. The zero-order valence-corrected chi connectivity index (χ0v) is 35.5. The maximum absolute atomic E-state index is 12.8. The number of hydrogen-bond donors (Lipinski definition) is 6. The molecule has 1 rings (SSSR count). The average Bonchev–Trinajstić information content (AvgIpc) is 3.19. The lowest BCUT2D eigenvalue weighted by Gasteiger charge is -2.41. The Hall–Kier alpha value is -2.19. The number of aliphatic hydroxyl groups is 5. The van der Waals surface area contributed by atoms with E-state index in [1.807, 2.05) is 0 Å². The lowest BCUT2D eigenvalue weighted by molar-refractivity contribution is -0.220. The van der Waals surface area contributed by atoms with Crippen molar-refractivity contribution in [3.8, 4) is 0 Å². The topological polar surface area (TPSA) is 210 Å².